The zero-order chi connectivity index (χ0) is 15.9. The molecule has 4 heteroatoms. The van der Waals surface area contributed by atoms with Crippen LogP contribution in [0, 0.1) is 0 Å². The quantitative estimate of drug-likeness (QED) is 0.655. The summed E-state index contributed by atoms with van der Waals surface area (Å²) in [7, 11) is 0. The molecule has 0 amide bonds. The molecule has 3 aromatic rings. The molecule has 0 saturated heterocycles. The lowest BCUT2D eigenvalue weighted by Gasteiger charge is -2.19. The molecule has 0 saturated carbocycles. The van der Waals surface area contributed by atoms with Gasteiger partial charge in [0, 0.05) is 4.88 Å². The van der Waals surface area contributed by atoms with Gasteiger partial charge in [-0.1, -0.05) is 52.0 Å². The van der Waals surface area contributed by atoms with Crippen LogP contribution in [0.1, 0.15) is 48.6 Å². The third kappa shape index (κ3) is 2.37. The van der Waals surface area contributed by atoms with E-state index in [9.17, 15) is 4.79 Å². The van der Waals surface area contributed by atoms with Crippen LogP contribution in [0.3, 0.4) is 0 Å². The van der Waals surface area contributed by atoms with Gasteiger partial charge in [0.25, 0.3) is 0 Å². The Kier molecular flexibility index (Phi) is 3.65. The van der Waals surface area contributed by atoms with Crippen molar-refractivity contribution in [3.8, 4) is 11.3 Å². The largest absolute Gasteiger partial charge is 0.296 e. The van der Waals surface area contributed by atoms with Crippen molar-refractivity contribution in [1.29, 1.82) is 0 Å². The van der Waals surface area contributed by atoms with Gasteiger partial charge in [-0.15, -0.1) is 11.3 Å². The molecule has 2 aromatic heterocycles. The van der Waals surface area contributed by atoms with Crippen LogP contribution in [-0.4, -0.2) is 15.7 Å². The van der Waals surface area contributed by atoms with Crippen LogP contribution < -0.4 is 0 Å². The summed E-state index contributed by atoms with van der Waals surface area (Å²) in [6.07, 6.45) is 3.45. The molecule has 0 aliphatic carbocycles. The highest BCUT2D eigenvalue weighted by atomic mass is 32.1. The minimum atomic E-state index is 0.138. The molecule has 2 heterocycles. The number of hydrogen-bond donors (Lipinski definition) is 0. The monoisotopic (exact) mass is 312 g/mol. The summed E-state index contributed by atoms with van der Waals surface area (Å²) < 4.78 is 1.97. The fraction of sp³-hybridized carbons (Fsp3) is 0.333. The van der Waals surface area contributed by atoms with E-state index in [0.29, 0.717) is 5.69 Å². The van der Waals surface area contributed by atoms with Crippen LogP contribution in [0.15, 0.2) is 30.5 Å². The van der Waals surface area contributed by atoms with Gasteiger partial charge in [0.15, 0.2) is 11.2 Å². The number of aromatic nitrogens is 2. The molecule has 0 atom stereocenters. The zero-order valence-electron chi connectivity index (χ0n) is 13.4. The standard InChI is InChI=1S/C18H20N2OS/c1-5-15-16(20-14(11-21)10-19-17(20)22-15)12-6-8-13(9-7-12)18(2,3)4/h6-11H,5H2,1-4H3. The highest BCUT2D eigenvalue weighted by molar-refractivity contribution is 7.17. The molecule has 0 aliphatic rings. The second-order valence-electron chi connectivity index (χ2n) is 6.47. The highest BCUT2D eigenvalue weighted by Crippen LogP contribution is 2.34. The van der Waals surface area contributed by atoms with E-state index in [1.807, 2.05) is 4.40 Å². The zero-order valence-corrected chi connectivity index (χ0v) is 14.2. The molecule has 0 aliphatic heterocycles. The molecule has 22 heavy (non-hydrogen) atoms. The minimum absolute atomic E-state index is 0.138. The number of carbonyl (C=O) groups is 1. The van der Waals surface area contributed by atoms with E-state index in [4.69, 9.17) is 0 Å². The van der Waals surface area contributed by atoms with Crippen molar-refractivity contribution in [2.24, 2.45) is 0 Å². The second kappa shape index (κ2) is 5.36. The van der Waals surface area contributed by atoms with Crippen molar-refractivity contribution >= 4 is 22.6 Å². The van der Waals surface area contributed by atoms with Crippen LogP contribution >= 0.6 is 11.3 Å². The average Bonchev–Trinajstić information content (AvgIpc) is 3.04. The van der Waals surface area contributed by atoms with Gasteiger partial charge >= 0.3 is 0 Å². The molecule has 114 valence electrons. The maximum atomic E-state index is 11.3. The number of fused-ring (bicyclic) bond motifs is 1. The van der Waals surface area contributed by atoms with Gasteiger partial charge in [-0.3, -0.25) is 9.20 Å². The Labute approximate surface area is 134 Å². The van der Waals surface area contributed by atoms with Crippen molar-refractivity contribution in [3.05, 3.63) is 46.6 Å². The minimum Gasteiger partial charge on any atom is -0.296 e. The Hall–Kier alpha value is -1.94. The molecule has 3 nitrogen and oxygen atoms in total. The first-order chi connectivity index (χ1) is 10.5. The van der Waals surface area contributed by atoms with E-state index >= 15 is 0 Å². The molecule has 0 bridgehead atoms. The van der Waals surface area contributed by atoms with Gasteiger partial charge in [0.2, 0.25) is 0 Å². The summed E-state index contributed by atoms with van der Waals surface area (Å²) in [6, 6.07) is 8.65. The summed E-state index contributed by atoms with van der Waals surface area (Å²) in [6.45, 7) is 8.77. The summed E-state index contributed by atoms with van der Waals surface area (Å²) in [5.74, 6) is 0. The Morgan fingerprint density at radius 1 is 1.23 bits per heavy atom. The van der Waals surface area contributed by atoms with Crippen LogP contribution in [0.5, 0.6) is 0 Å². The maximum absolute atomic E-state index is 11.3. The first kappa shape index (κ1) is 15.0. The number of aryl methyl sites for hydroxylation is 1. The predicted molar refractivity (Wildman–Crippen MR) is 92.0 cm³/mol. The van der Waals surface area contributed by atoms with Gasteiger partial charge in [0.05, 0.1) is 11.9 Å². The van der Waals surface area contributed by atoms with Crippen molar-refractivity contribution in [2.45, 2.75) is 39.5 Å². The Balaban J connectivity index is 2.20. The molecule has 3 rings (SSSR count). The predicted octanol–water partition coefficient (Wildman–Crippen LogP) is 4.74. The molecule has 0 N–H and O–H groups in total. The third-order valence-corrected chi connectivity index (χ3v) is 5.12. The summed E-state index contributed by atoms with van der Waals surface area (Å²) in [4.78, 5) is 17.8. The van der Waals surface area contributed by atoms with Gasteiger partial charge in [0.1, 0.15) is 5.69 Å². The summed E-state index contributed by atoms with van der Waals surface area (Å²) in [5, 5.41) is 0. The number of carbonyl (C=O) groups excluding carboxylic acids is 1. The van der Waals surface area contributed by atoms with Gasteiger partial charge in [-0.25, -0.2) is 4.98 Å². The molecular weight excluding hydrogens is 292 g/mol. The van der Waals surface area contributed by atoms with Crippen LogP contribution in [0.4, 0.5) is 0 Å². The molecule has 0 fully saturated rings. The van der Waals surface area contributed by atoms with Crippen molar-refractivity contribution in [2.75, 3.05) is 0 Å². The van der Waals surface area contributed by atoms with Gasteiger partial charge in [-0.05, 0) is 23.0 Å². The number of imidazole rings is 1. The number of rotatable bonds is 3. The van der Waals surface area contributed by atoms with Crippen LogP contribution in [0.25, 0.3) is 16.2 Å². The van der Waals surface area contributed by atoms with Gasteiger partial charge < -0.3 is 0 Å². The third-order valence-electron chi connectivity index (χ3n) is 3.93. The Morgan fingerprint density at radius 2 is 1.91 bits per heavy atom. The fourth-order valence-electron chi connectivity index (χ4n) is 2.67. The smallest absolute Gasteiger partial charge is 0.194 e. The van der Waals surface area contributed by atoms with Crippen molar-refractivity contribution in [3.63, 3.8) is 0 Å². The number of aldehydes is 1. The lowest BCUT2D eigenvalue weighted by molar-refractivity contribution is 0.111. The summed E-state index contributed by atoms with van der Waals surface area (Å²) in [5.41, 5.74) is 4.29. The molecule has 1 aromatic carbocycles. The lowest BCUT2D eigenvalue weighted by Crippen LogP contribution is -2.10. The SMILES string of the molecule is CCc1sc2ncc(C=O)n2c1-c1ccc(C(C)(C)C)cc1. The first-order valence-corrected chi connectivity index (χ1v) is 8.32. The number of nitrogens with zero attached hydrogens (tertiary/aromatic N) is 2. The van der Waals surface area contributed by atoms with Crippen LogP contribution in [-0.2, 0) is 11.8 Å². The van der Waals surface area contributed by atoms with Gasteiger partial charge in [-0.2, -0.15) is 0 Å². The van der Waals surface area contributed by atoms with Crippen LogP contribution in [0.2, 0.25) is 0 Å². The first-order valence-electron chi connectivity index (χ1n) is 7.51. The number of benzene rings is 1. The molecule has 0 spiro atoms. The van der Waals surface area contributed by atoms with E-state index in [1.165, 1.54) is 10.4 Å². The van der Waals surface area contributed by atoms with E-state index in [2.05, 4.69) is 56.9 Å². The Morgan fingerprint density at radius 3 is 2.45 bits per heavy atom. The van der Waals surface area contributed by atoms with E-state index < -0.39 is 0 Å². The van der Waals surface area contributed by atoms with Crippen molar-refractivity contribution < 1.29 is 4.79 Å². The van der Waals surface area contributed by atoms with E-state index in [-0.39, 0.29) is 5.41 Å². The normalized spacial score (nSPS) is 12.0. The lowest BCUT2D eigenvalue weighted by atomic mass is 9.86. The Bertz CT molecular complexity index is 819. The fourth-order valence-corrected chi connectivity index (χ4v) is 3.73. The molecule has 0 radical (unpaired) electrons. The maximum Gasteiger partial charge on any atom is 0.194 e. The van der Waals surface area contributed by atoms with E-state index in [1.54, 1.807) is 17.5 Å². The van der Waals surface area contributed by atoms with Crippen molar-refractivity contribution in [1.82, 2.24) is 9.38 Å². The number of hydrogen-bond acceptors (Lipinski definition) is 3. The number of thiazole rings is 1. The van der Waals surface area contributed by atoms with E-state index in [0.717, 1.165) is 28.9 Å². The molecule has 0 unspecified atom stereocenters. The second-order valence-corrected chi connectivity index (χ2v) is 7.54. The topological polar surface area (TPSA) is 34.4 Å². The molecular formula is C18H20N2OS. The highest BCUT2D eigenvalue weighted by Gasteiger charge is 2.18. The average molecular weight is 312 g/mol. The summed E-state index contributed by atoms with van der Waals surface area (Å²) >= 11 is 1.66.